The molecule has 1 fully saturated rings. The molecule has 1 aliphatic rings. The highest BCUT2D eigenvalue weighted by Crippen LogP contribution is 2.39. The van der Waals surface area contributed by atoms with Crippen LogP contribution in [0.2, 0.25) is 0 Å². The lowest BCUT2D eigenvalue weighted by molar-refractivity contribution is 0.171. The number of carbonyl (C=O) groups excluding carboxylic acids is 1. The Morgan fingerprint density at radius 2 is 2.20 bits per heavy atom. The standard InChI is InChI=1S/C17H18N6O2/c1-11-19-15(23-25-11)17(7-3-8-17)21-16(24)20-13-5-2-4-12(10-13)14-6-9-18-22-14/h2,4-6,9-10H,3,7-8H2,1H3,(H,18,22)(H2,20,21,24). The number of amides is 2. The second kappa shape index (κ2) is 6.04. The van der Waals surface area contributed by atoms with Gasteiger partial charge in [-0.2, -0.15) is 10.1 Å². The molecule has 2 heterocycles. The lowest BCUT2D eigenvalue weighted by Gasteiger charge is -2.39. The Balaban J connectivity index is 1.48. The number of anilines is 1. The van der Waals surface area contributed by atoms with E-state index in [1.165, 1.54) is 0 Å². The zero-order chi connectivity index (χ0) is 17.3. The first kappa shape index (κ1) is 15.4. The van der Waals surface area contributed by atoms with E-state index in [0.717, 1.165) is 30.5 Å². The van der Waals surface area contributed by atoms with Crippen molar-refractivity contribution in [2.45, 2.75) is 31.7 Å². The minimum absolute atomic E-state index is 0.288. The van der Waals surface area contributed by atoms with Crippen LogP contribution < -0.4 is 10.6 Å². The molecule has 0 atom stereocenters. The normalized spacial score (nSPS) is 15.4. The highest BCUT2D eigenvalue weighted by Gasteiger charge is 2.44. The highest BCUT2D eigenvalue weighted by molar-refractivity contribution is 5.90. The number of hydrogen-bond donors (Lipinski definition) is 3. The van der Waals surface area contributed by atoms with Crippen LogP contribution in [0.3, 0.4) is 0 Å². The summed E-state index contributed by atoms with van der Waals surface area (Å²) in [6, 6.07) is 9.15. The SMILES string of the molecule is Cc1nc(C2(NC(=O)Nc3cccc(-c4ccn[nH]4)c3)CCC2)no1. The van der Waals surface area contributed by atoms with E-state index in [1.807, 2.05) is 30.3 Å². The number of H-pyrrole nitrogens is 1. The Hall–Kier alpha value is -3.16. The van der Waals surface area contributed by atoms with Crippen molar-refractivity contribution in [2.24, 2.45) is 0 Å². The second-order valence-electron chi connectivity index (χ2n) is 6.20. The first-order valence-electron chi connectivity index (χ1n) is 8.14. The largest absolute Gasteiger partial charge is 0.340 e. The van der Waals surface area contributed by atoms with Crippen LogP contribution in [0.15, 0.2) is 41.1 Å². The minimum atomic E-state index is -0.539. The van der Waals surface area contributed by atoms with Gasteiger partial charge in [0.05, 0.1) is 5.69 Å². The molecular formula is C17H18N6O2. The number of rotatable bonds is 4. The maximum Gasteiger partial charge on any atom is 0.320 e. The third-order valence-corrected chi connectivity index (χ3v) is 4.45. The van der Waals surface area contributed by atoms with E-state index in [1.54, 1.807) is 13.1 Å². The molecule has 0 radical (unpaired) electrons. The molecule has 128 valence electrons. The third-order valence-electron chi connectivity index (χ3n) is 4.45. The van der Waals surface area contributed by atoms with Gasteiger partial charge in [0.2, 0.25) is 5.89 Å². The van der Waals surface area contributed by atoms with Crippen LogP contribution in [0.5, 0.6) is 0 Å². The van der Waals surface area contributed by atoms with Gasteiger partial charge in [-0.3, -0.25) is 5.10 Å². The first-order valence-corrected chi connectivity index (χ1v) is 8.14. The Bertz CT molecular complexity index is 882. The van der Waals surface area contributed by atoms with Crippen LogP contribution in [0.4, 0.5) is 10.5 Å². The number of aromatic amines is 1. The molecule has 1 aromatic carbocycles. The van der Waals surface area contributed by atoms with E-state index in [2.05, 4.69) is 31.0 Å². The van der Waals surface area contributed by atoms with Crippen molar-refractivity contribution in [3.05, 3.63) is 48.2 Å². The van der Waals surface area contributed by atoms with Crippen LogP contribution in [0, 0.1) is 6.92 Å². The van der Waals surface area contributed by atoms with E-state index in [0.29, 0.717) is 17.4 Å². The van der Waals surface area contributed by atoms with Crippen LogP contribution in [-0.4, -0.2) is 26.4 Å². The summed E-state index contributed by atoms with van der Waals surface area (Å²) in [5.74, 6) is 1.04. The summed E-state index contributed by atoms with van der Waals surface area (Å²) in [5, 5.41) is 16.7. The molecule has 3 aromatic rings. The minimum Gasteiger partial charge on any atom is -0.340 e. The first-order chi connectivity index (χ1) is 12.1. The van der Waals surface area contributed by atoms with Crippen molar-refractivity contribution < 1.29 is 9.32 Å². The number of nitrogens with zero attached hydrogens (tertiary/aromatic N) is 3. The number of aryl methyl sites for hydroxylation is 1. The molecule has 8 nitrogen and oxygen atoms in total. The maximum atomic E-state index is 12.5. The molecule has 0 aliphatic heterocycles. The Morgan fingerprint density at radius 3 is 2.84 bits per heavy atom. The van der Waals surface area contributed by atoms with Crippen molar-refractivity contribution in [3.63, 3.8) is 0 Å². The number of nitrogens with one attached hydrogen (secondary N) is 3. The van der Waals surface area contributed by atoms with E-state index in [-0.39, 0.29) is 6.03 Å². The number of carbonyl (C=O) groups is 1. The van der Waals surface area contributed by atoms with Crippen LogP contribution in [-0.2, 0) is 5.54 Å². The Labute approximate surface area is 144 Å². The molecule has 1 aliphatic carbocycles. The van der Waals surface area contributed by atoms with Gasteiger partial charge in [0.25, 0.3) is 0 Å². The van der Waals surface area contributed by atoms with Gasteiger partial charge in [-0.15, -0.1) is 0 Å². The molecule has 0 bridgehead atoms. The topological polar surface area (TPSA) is 109 Å². The highest BCUT2D eigenvalue weighted by atomic mass is 16.5. The fourth-order valence-electron chi connectivity index (χ4n) is 2.99. The Morgan fingerprint density at radius 1 is 1.32 bits per heavy atom. The summed E-state index contributed by atoms with van der Waals surface area (Å²) in [7, 11) is 0. The molecule has 4 rings (SSSR count). The molecule has 2 aromatic heterocycles. The molecular weight excluding hydrogens is 320 g/mol. The predicted molar refractivity (Wildman–Crippen MR) is 90.7 cm³/mol. The van der Waals surface area contributed by atoms with E-state index < -0.39 is 5.54 Å². The molecule has 25 heavy (non-hydrogen) atoms. The van der Waals surface area contributed by atoms with Crippen molar-refractivity contribution in [1.29, 1.82) is 0 Å². The lowest BCUT2D eigenvalue weighted by atomic mass is 9.76. The molecule has 1 saturated carbocycles. The van der Waals surface area contributed by atoms with Crippen molar-refractivity contribution in [1.82, 2.24) is 25.7 Å². The lowest BCUT2D eigenvalue weighted by Crippen LogP contribution is -2.52. The quantitative estimate of drug-likeness (QED) is 0.677. The van der Waals surface area contributed by atoms with Gasteiger partial charge in [-0.1, -0.05) is 17.3 Å². The summed E-state index contributed by atoms with van der Waals surface area (Å²) in [5.41, 5.74) is 2.00. The predicted octanol–water partition coefficient (Wildman–Crippen LogP) is 2.97. The van der Waals surface area contributed by atoms with Gasteiger partial charge in [-0.05, 0) is 37.5 Å². The van der Waals surface area contributed by atoms with Crippen molar-refractivity contribution in [3.8, 4) is 11.3 Å². The van der Waals surface area contributed by atoms with Crippen molar-refractivity contribution in [2.75, 3.05) is 5.32 Å². The average molecular weight is 338 g/mol. The molecule has 0 spiro atoms. The molecule has 2 amide bonds. The molecule has 0 saturated heterocycles. The molecule has 3 N–H and O–H groups in total. The monoisotopic (exact) mass is 338 g/mol. The zero-order valence-electron chi connectivity index (χ0n) is 13.7. The van der Waals surface area contributed by atoms with Gasteiger partial charge in [-0.25, -0.2) is 4.79 Å². The summed E-state index contributed by atoms with van der Waals surface area (Å²) in [6.07, 6.45) is 4.31. The number of benzene rings is 1. The van der Waals surface area contributed by atoms with Gasteiger partial charge in [0.1, 0.15) is 5.54 Å². The molecule has 8 heteroatoms. The van der Waals surface area contributed by atoms with E-state index >= 15 is 0 Å². The summed E-state index contributed by atoms with van der Waals surface area (Å²) >= 11 is 0. The summed E-state index contributed by atoms with van der Waals surface area (Å²) in [4.78, 5) is 16.8. The number of hydrogen-bond acceptors (Lipinski definition) is 5. The number of aromatic nitrogens is 4. The average Bonchev–Trinajstić information content (AvgIpc) is 3.23. The van der Waals surface area contributed by atoms with E-state index in [4.69, 9.17) is 4.52 Å². The smallest absolute Gasteiger partial charge is 0.320 e. The second-order valence-corrected chi connectivity index (χ2v) is 6.20. The fraction of sp³-hybridized carbons (Fsp3) is 0.294. The van der Waals surface area contributed by atoms with E-state index in [9.17, 15) is 4.79 Å². The van der Waals surface area contributed by atoms with Crippen molar-refractivity contribution >= 4 is 11.7 Å². The van der Waals surface area contributed by atoms with Crippen LogP contribution in [0.25, 0.3) is 11.3 Å². The van der Waals surface area contributed by atoms with Gasteiger partial charge < -0.3 is 15.2 Å². The van der Waals surface area contributed by atoms with Crippen LogP contribution in [0.1, 0.15) is 31.0 Å². The van der Waals surface area contributed by atoms with Gasteiger partial charge in [0, 0.05) is 24.4 Å². The van der Waals surface area contributed by atoms with Gasteiger partial charge >= 0.3 is 6.03 Å². The third kappa shape index (κ3) is 2.98. The maximum absolute atomic E-state index is 12.5. The zero-order valence-corrected chi connectivity index (χ0v) is 13.7. The van der Waals surface area contributed by atoms with Crippen LogP contribution >= 0.6 is 0 Å². The summed E-state index contributed by atoms with van der Waals surface area (Å²) in [6.45, 7) is 1.74. The Kier molecular flexibility index (Phi) is 3.72. The molecule has 0 unspecified atom stereocenters. The van der Waals surface area contributed by atoms with Gasteiger partial charge in [0.15, 0.2) is 5.82 Å². The summed E-state index contributed by atoms with van der Waals surface area (Å²) < 4.78 is 5.06. The number of urea groups is 1. The fourth-order valence-corrected chi connectivity index (χ4v) is 2.99.